The van der Waals surface area contributed by atoms with Crippen LogP contribution < -0.4 is 14.8 Å². The van der Waals surface area contributed by atoms with Crippen molar-refractivity contribution >= 4 is 15.9 Å². The Hall–Kier alpha value is -2.45. The zero-order valence-electron chi connectivity index (χ0n) is 14.6. The van der Waals surface area contributed by atoms with Gasteiger partial charge in [0.2, 0.25) is 10.0 Å². The summed E-state index contributed by atoms with van der Waals surface area (Å²) in [5, 5.41) is 2.70. The summed E-state index contributed by atoms with van der Waals surface area (Å²) in [4.78, 5) is 16.1. The molecule has 0 atom stereocenters. The molecule has 0 aliphatic heterocycles. The maximum atomic E-state index is 12.1. The molecule has 1 amide bonds. The topological polar surface area (TPSA) is 97.4 Å². The normalized spacial score (nSPS) is 11.1. The second kappa shape index (κ2) is 9.88. The number of carbonyl (C=O) groups excluding carboxylic acids is 1. The van der Waals surface area contributed by atoms with Crippen LogP contribution in [-0.2, 0) is 21.4 Å². The average molecular weight is 377 g/mol. The Morgan fingerprint density at radius 3 is 2.58 bits per heavy atom. The van der Waals surface area contributed by atoms with Gasteiger partial charge in [-0.1, -0.05) is 19.4 Å². The number of nitrogens with zero attached hydrogens (tertiary/aromatic N) is 1. The molecule has 26 heavy (non-hydrogen) atoms. The third-order valence-electron chi connectivity index (χ3n) is 3.52. The van der Waals surface area contributed by atoms with E-state index in [9.17, 15) is 13.2 Å². The lowest BCUT2D eigenvalue weighted by atomic mass is 10.3. The number of amides is 1. The van der Waals surface area contributed by atoms with E-state index in [1.54, 1.807) is 12.3 Å². The molecule has 2 N–H and O–H groups in total. The van der Waals surface area contributed by atoms with Gasteiger partial charge >= 0.3 is 0 Å². The van der Waals surface area contributed by atoms with E-state index in [4.69, 9.17) is 4.74 Å². The fourth-order valence-electron chi connectivity index (χ4n) is 2.07. The lowest BCUT2D eigenvalue weighted by Gasteiger charge is -2.09. The van der Waals surface area contributed by atoms with Crippen molar-refractivity contribution in [3.05, 3.63) is 54.4 Å². The Morgan fingerprint density at radius 2 is 1.92 bits per heavy atom. The van der Waals surface area contributed by atoms with Crippen molar-refractivity contribution in [1.82, 2.24) is 15.0 Å². The van der Waals surface area contributed by atoms with Gasteiger partial charge in [-0.15, -0.1) is 0 Å². The van der Waals surface area contributed by atoms with Gasteiger partial charge < -0.3 is 10.1 Å². The molecule has 1 aromatic carbocycles. The van der Waals surface area contributed by atoms with Crippen LogP contribution in [0.2, 0.25) is 0 Å². The molecule has 0 aliphatic carbocycles. The number of benzene rings is 1. The van der Waals surface area contributed by atoms with Crippen molar-refractivity contribution in [1.29, 1.82) is 0 Å². The van der Waals surface area contributed by atoms with E-state index in [2.05, 4.69) is 15.0 Å². The second-order valence-corrected chi connectivity index (χ2v) is 7.38. The number of carbonyl (C=O) groups is 1. The second-order valence-electron chi connectivity index (χ2n) is 5.61. The van der Waals surface area contributed by atoms with Gasteiger partial charge in [0.25, 0.3) is 5.91 Å². The van der Waals surface area contributed by atoms with Crippen LogP contribution in [0.15, 0.2) is 53.6 Å². The predicted molar refractivity (Wildman–Crippen MR) is 98.1 cm³/mol. The zero-order chi connectivity index (χ0) is 18.8. The lowest BCUT2D eigenvalue weighted by Crippen LogP contribution is -2.28. The molecule has 0 saturated carbocycles. The van der Waals surface area contributed by atoms with E-state index in [0.717, 1.165) is 18.5 Å². The number of rotatable bonds is 10. The van der Waals surface area contributed by atoms with Gasteiger partial charge in [0.05, 0.1) is 17.1 Å². The summed E-state index contributed by atoms with van der Waals surface area (Å²) in [6.45, 7) is 2.57. The lowest BCUT2D eigenvalue weighted by molar-refractivity contribution is -0.123. The first kappa shape index (κ1) is 19.9. The molecule has 0 unspecified atom stereocenters. The molecule has 140 valence electrons. The monoisotopic (exact) mass is 377 g/mol. The van der Waals surface area contributed by atoms with Crippen molar-refractivity contribution < 1.29 is 17.9 Å². The van der Waals surface area contributed by atoms with E-state index >= 15 is 0 Å². The molecule has 1 aromatic heterocycles. The summed E-state index contributed by atoms with van der Waals surface area (Å²) in [6.07, 6.45) is 3.36. The summed E-state index contributed by atoms with van der Waals surface area (Å²) in [5.41, 5.74) is 0.756. The Bertz CT molecular complexity index is 793. The summed E-state index contributed by atoms with van der Waals surface area (Å²) >= 11 is 0. The Morgan fingerprint density at radius 1 is 1.15 bits per heavy atom. The highest BCUT2D eigenvalue weighted by atomic mass is 32.2. The van der Waals surface area contributed by atoms with Gasteiger partial charge in [-0.05, 0) is 42.8 Å². The van der Waals surface area contributed by atoms with Crippen molar-refractivity contribution in [3.63, 3.8) is 0 Å². The zero-order valence-corrected chi connectivity index (χ0v) is 15.5. The van der Waals surface area contributed by atoms with Gasteiger partial charge in [0.1, 0.15) is 5.75 Å². The van der Waals surface area contributed by atoms with Crippen LogP contribution in [0.5, 0.6) is 5.75 Å². The van der Waals surface area contributed by atoms with Crippen LogP contribution in [0.4, 0.5) is 0 Å². The molecule has 2 aromatic rings. The Labute approximate surface area is 153 Å². The minimum Gasteiger partial charge on any atom is -0.484 e. The van der Waals surface area contributed by atoms with E-state index in [0.29, 0.717) is 18.8 Å². The van der Waals surface area contributed by atoms with Crippen LogP contribution in [0.1, 0.15) is 25.5 Å². The van der Waals surface area contributed by atoms with Crippen molar-refractivity contribution in [2.24, 2.45) is 0 Å². The number of ether oxygens (including phenoxy) is 1. The number of hydrogen-bond acceptors (Lipinski definition) is 5. The third-order valence-corrected chi connectivity index (χ3v) is 5.00. The summed E-state index contributed by atoms with van der Waals surface area (Å²) < 4.78 is 32.1. The number of nitrogens with one attached hydrogen (secondary N) is 2. The maximum absolute atomic E-state index is 12.1. The highest BCUT2D eigenvalue weighted by Crippen LogP contribution is 2.15. The summed E-state index contributed by atoms with van der Waals surface area (Å²) in [7, 11) is -3.51. The molecular weight excluding hydrogens is 354 g/mol. The van der Waals surface area contributed by atoms with Crippen molar-refractivity contribution in [2.45, 2.75) is 31.2 Å². The summed E-state index contributed by atoms with van der Waals surface area (Å²) in [5.74, 6) is 0.138. The number of aromatic nitrogens is 1. The van der Waals surface area contributed by atoms with E-state index < -0.39 is 10.0 Å². The Kier molecular flexibility index (Phi) is 7.55. The van der Waals surface area contributed by atoms with Crippen LogP contribution >= 0.6 is 0 Å². The molecular formula is C18H23N3O4S. The van der Waals surface area contributed by atoms with E-state index in [-0.39, 0.29) is 17.4 Å². The molecule has 0 radical (unpaired) electrons. The predicted octanol–water partition coefficient (Wildman–Crippen LogP) is 1.86. The molecule has 0 aliphatic rings. The third kappa shape index (κ3) is 6.45. The Balaban J connectivity index is 1.80. The van der Waals surface area contributed by atoms with Crippen LogP contribution in [-0.4, -0.2) is 32.5 Å². The van der Waals surface area contributed by atoms with Crippen LogP contribution in [0.3, 0.4) is 0 Å². The van der Waals surface area contributed by atoms with Gasteiger partial charge in [-0.2, -0.15) is 0 Å². The van der Waals surface area contributed by atoms with Gasteiger partial charge in [0.15, 0.2) is 6.61 Å². The molecule has 1 heterocycles. The maximum Gasteiger partial charge on any atom is 0.258 e. The molecule has 2 rings (SSSR count). The van der Waals surface area contributed by atoms with Gasteiger partial charge in [-0.3, -0.25) is 9.78 Å². The molecule has 8 heteroatoms. The highest BCUT2D eigenvalue weighted by molar-refractivity contribution is 7.89. The first-order valence-electron chi connectivity index (χ1n) is 8.40. The first-order valence-corrected chi connectivity index (χ1v) is 9.88. The standard InChI is InChI=1S/C18H23N3O4S/c1-2-3-12-21-26(23,24)17-9-7-16(8-10-17)25-14-18(22)20-13-15-6-4-5-11-19-15/h4-11,21H,2-3,12-14H2,1H3,(H,20,22). The van der Waals surface area contributed by atoms with E-state index in [1.165, 1.54) is 24.3 Å². The minimum atomic E-state index is -3.51. The number of sulfonamides is 1. The van der Waals surface area contributed by atoms with Crippen LogP contribution in [0.25, 0.3) is 0 Å². The number of pyridine rings is 1. The molecule has 7 nitrogen and oxygen atoms in total. The SMILES string of the molecule is CCCCNS(=O)(=O)c1ccc(OCC(=O)NCc2ccccn2)cc1. The quantitative estimate of drug-likeness (QED) is 0.616. The molecule has 0 saturated heterocycles. The number of hydrogen-bond donors (Lipinski definition) is 2. The average Bonchev–Trinajstić information content (AvgIpc) is 2.66. The molecule has 0 fully saturated rings. The van der Waals surface area contributed by atoms with Gasteiger partial charge in [-0.25, -0.2) is 13.1 Å². The largest absolute Gasteiger partial charge is 0.484 e. The smallest absolute Gasteiger partial charge is 0.258 e. The fraction of sp³-hybridized carbons (Fsp3) is 0.333. The fourth-order valence-corrected chi connectivity index (χ4v) is 3.15. The molecule has 0 bridgehead atoms. The minimum absolute atomic E-state index is 0.159. The summed E-state index contributed by atoms with van der Waals surface area (Å²) in [6, 6.07) is 11.4. The van der Waals surface area contributed by atoms with Gasteiger partial charge in [0, 0.05) is 12.7 Å². The van der Waals surface area contributed by atoms with E-state index in [1.807, 2.05) is 19.1 Å². The van der Waals surface area contributed by atoms with Crippen LogP contribution in [0, 0.1) is 0 Å². The highest BCUT2D eigenvalue weighted by Gasteiger charge is 2.13. The first-order chi connectivity index (χ1) is 12.5. The van der Waals surface area contributed by atoms with Crippen molar-refractivity contribution in [2.75, 3.05) is 13.2 Å². The number of unbranched alkanes of at least 4 members (excludes halogenated alkanes) is 1. The van der Waals surface area contributed by atoms with Crippen molar-refractivity contribution in [3.8, 4) is 5.75 Å². The molecule has 0 spiro atoms.